The molecule has 3 N–H and O–H groups in total. The second-order valence-corrected chi connectivity index (χ2v) is 16.1. The number of thiazole rings is 1. The Morgan fingerprint density at radius 2 is 1.84 bits per heavy atom. The van der Waals surface area contributed by atoms with Crippen LogP contribution in [0.5, 0.6) is 5.75 Å². The summed E-state index contributed by atoms with van der Waals surface area (Å²) in [5.41, 5.74) is 6.78. The molecule has 0 spiro atoms. The zero-order valence-electron chi connectivity index (χ0n) is 31.1. The van der Waals surface area contributed by atoms with Crippen LogP contribution < -0.4 is 25.6 Å². The molecule has 1 aromatic heterocycles. The van der Waals surface area contributed by atoms with E-state index in [1.54, 1.807) is 18.2 Å². The molecule has 0 bridgehead atoms. The monoisotopic (exact) mass is 778 g/mol. The molecule has 290 valence electrons. The van der Waals surface area contributed by atoms with Crippen LogP contribution in [0.15, 0.2) is 54.6 Å². The maximum atomic E-state index is 14.6. The fourth-order valence-electron chi connectivity index (χ4n) is 7.67. The van der Waals surface area contributed by atoms with E-state index < -0.39 is 17.8 Å². The Balaban J connectivity index is 0.769. The predicted octanol–water partition coefficient (Wildman–Crippen LogP) is 6.16. The van der Waals surface area contributed by atoms with E-state index >= 15 is 0 Å². The molecule has 56 heavy (non-hydrogen) atoms. The van der Waals surface area contributed by atoms with Crippen LogP contribution in [0.3, 0.4) is 0 Å². The normalized spacial score (nSPS) is 17.5. The number of hydrogen-bond donors (Lipinski definition) is 3. The highest BCUT2D eigenvalue weighted by Gasteiger charge is 2.39. The lowest BCUT2D eigenvalue weighted by molar-refractivity contribution is -0.137. The molecule has 4 aromatic rings. The molecule has 1 saturated heterocycles. The predicted molar refractivity (Wildman–Crippen MR) is 210 cm³/mol. The van der Waals surface area contributed by atoms with Crippen LogP contribution >= 0.6 is 11.3 Å². The number of aryl methyl sites for hydroxylation is 1. The van der Waals surface area contributed by atoms with E-state index in [9.17, 15) is 28.4 Å². The number of piperidine rings is 1. The van der Waals surface area contributed by atoms with Gasteiger partial charge in [-0.25, -0.2) is 9.37 Å². The first-order valence-corrected chi connectivity index (χ1v) is 20.1. The van der Waals surface area contributed by atoms with Crippen LogP contribution in [0.1, 0.15) is 76.9 Å². The molecule has 2 fully saturated rings. The second kappa shape index (κ2) is 15.8. The molecule has 3 aliphatic heterocycles. The number of hydrogen-bond acceptors (Lipinski definition) is 9. The minimum Gasteiger partial charge on any atom is -0.491 e. The number of rotatable bonds is 14. The molecule has 14 heteroatoms. The number of halogens is 1. The molecule has 1 saturated carbocycles. The zero-order chi connectivity index (χ0) is 38.9. The van der Waals surface area contributed by atoms with Crippen LogP contribution in [-0.4, -0.2) is 65.2 Å². The third kappa shape index (κ3) is 8.01. The van der Waals surface area contributed by atoms with Crippen molar-refractivity contribution in [3.8, 4) is 17.0 Å². The first-order chi connectivity index (χ1) is 27.1. The molecule has 5 amide bonds. The summed E-state index contributed by atoms with van der Waals surface area (Å²) in [7, 11) is 0. The Kier molecular flexibility index (Phi) is 10.6. The Hall–Kier alpha value is -5.63. The maximum Gasteiger partial charge on any atom is 0.255 e. The van der Waals surface area contributed by atoms with Crippen molar-refractivity contribution in [3.63, 3.8) is 0 Å². The number of aromatic nitrogens is 1. The lowest BCUT2D eigenvalue weighted by Crippen LogP contribution is -2.52. The van der Waals surface area contributed by atoms with Crippen LogP contribution in [0.4, 0.5) is 20.9 Å². The molecule has 1 atom stereocenters. The first kappa shape index (κ1) is 37.3. The number of fused-ring (bicyclic) bond motifs is 2. The zero-order valence-corrected chi connectivity index (χ0v) is 31.9. The number of ether oxygens (including phenoxy) is 1. The quantitative estimate of drug-likeness (QED) is 0.102. The standard InChI is InChI=1S/C42H43FN6O6S/c1-24-38(28-8-12-33-27(21-28)15-17-48(33)40(53)26-6-7-26)47-42(56-24)46-37(51)20-25-5-11-32(43)35(19-25)55-18-4-2-3-16-44-30-9-10-31-29(22-30)23-49(41(31)54)34-13-14-36(50)45-39(34)52/h5,8-12,19,21-22,26,34,44H,2-4,6-7,13-18,20,23H2,1H3,(H,45,50,52)(H,46,47,51). The van der Waals surface area contributed by atoms with Gasteiger partial charge in [0.15, 0.2) is 16.7 Å². The Bertz CT molecular complexity index is 2240. The Morgan fingerprint density at radius 1 is 0.982 bits per heavy atom. The molecule has 1 unspecified atom stereocenters. The molecule has 8 rings (SSSR count). The van der Waals surface area contributed by atoms with Crippen LogP contribution in [0.2, 0.25) is 0 Å². The van der Waals surface area contributed by atoms with Gasteiger partial charge in [-0.1, -0.05) is 12.1 Å². The summed E-state index contributed by atoms with van der Waals surface area (Å²) in [6.45, 7) is 4.02. The molecular weight excluding hydrogens is 736 g/mol. The Morgan fingerprint density at radius 3 is 2.66 bits per heavy atom. The molecule has 3 aromatic carbocycles. The van der Waals surface area contributed by atoms with Crippen molar-refractivity contribution in [3.05, 3.63) is 87.5 Å². The van der Waals surface area contributed by atoms with Crippen LogP contribution in [0, 0.1) is 18.7 Å². The van der Waals surface area contributed by atoms with E-state index in [-0.39, 0.29) is 48.1 Å². The van der Waals surface area contributed by atoms with Crippen LogP contribution in [0.25, 0.3) is 11.3 Å². The number of nitrogens with one attached hydrogen (secondary N) is 3. The molecular formula is C42H43FN6O6S. The van der Waals surface area contributed by atoms with Gasteiger partial charge in [0.05, 0.1) is 18.7 Å². The topological polar surface area (TPSA) is 150 Å². The minimum atomic E-state index is -0.643. The lowest BCUT2D eigenvalue weighted by Gasteiger charge is -2.29. The third-order valence-electron chi connectivity index (χ3n) is 10.8. The lowest BCUT2D eigenvalue weighted by atomic mass is 10.0. The number of benzene rings is 3. The highest BCUT2D eigenvalue weighted by atomic mass is 32.1. The van der Waals surface area contributed by atoms with Gasteiger partial charge in [0.2, 0.25) is 23.6 Å². The average molecular weight is 779 g/mol. The third-order valence-corrected chi connectivity index (χ3v) is 11.7. The van der Waals surface area contributed by atoms with Crippen molar-refractivity contribution in [2.45, 2.75) is 77.3 Å². The number of amides is 5. The Labute approximate surface area is 327 Å². The van der Waals surface area contributed by atoms with E-state index in [0.717, 1.165) is 70.7 Å². The molecule has 4 aliphatic rings. The van der Waals surface area contributed by atoms with Gasteiger partial charge >= 0.3 is 0 Å². The van der Waals surface area contributed by atoms with Gasteiger partial charge in [0, 0.05) is 59.4 Å². The fourth-order valence-corrected chi connectivity index (χ4v) is 8.52. The van der Waals surface area contributed by atoms with Gasteiger partial charge in [-0.3, -0.25) is 29.3 Å². The van der Waals surface area contributed by atoms with Gasteiger partial charge in [-0.2, -0.15) is 0 Å². The highest BCUT2D eigenvalue weighted by Crippen LogP contribution is 2.39. The van der Waals surface area contributed by atoms with Gasteiger partial charge < -0.3 is 25.2 Å². The van der Waals surface area contributed by atoms with Gasteiger partial charge in [0.1, 0.15) is 6.04 Å². The van der Waals surface area contributed by atoms with E-state index in [1.165, 1.54) is 22.3 Å². The SMILES string of the molecule is Cc1sc(NC(=O)Cc2ccc(F)c(OCCCCCNc3ccc4c(c3)CN(C3CCC(=O)NC3=O)C4=O)c2)nc1-c1ccc2c(c1)CCN2C(=O)C1CC1. The summed E-state index contributed by atoms with van der Waals surface area (Å²) in [6, 6.07) is 15.5. The maximum absolute atomic E-state index is 14.6. The van der Waals surface area contributed by atoms with E-state index in [2.05, 4.69) is 22.0 Å². The molecule has 1 aliphatic carbocycles. The number of carbonyl (C=O) groups excluding carboxylic acids is 5. The molecule has 0 radical (unpaired) electrons. The summed E-state index contributed by atoms with van der Waals surface area (Å²) >= 11 is 1.40. The average Bonchev–Trinajstić information content (AvgIpc) is 3.73. The first-order valence-electron chi connectivity index (χ1n) is 19.3. The van der Waals surface area contributed by atoms with E-state index in [4.69, 9.17) is 9.72 Å². The largest absolute Gasteiger partial charge is 0.491 e. The van der Waals surface area contributed by atoms with Crippen molar-refractivity contribution in [2.24, 2.45) is 5.92 Å². The summed E-state index contributed by atoms with van der Waals surface area (Å²) in [6.07, 6.45) is 5.74. The van der Waals surface area contributed by atoms with E-state index in [1.807, 2.05) is 36.1 Å². The van der Waals surface area contributed by atoms with E-state index in [0.29, 0.717) is 55.3 Å². The number of carbonyl (C=O) groups is 5. The van der Waals surface area contributed by atoms with Crippen molar-refractivity contribution in [2.75, 3.05) is 35.2 Å². The summed E-state index contributed by atoms with van der Waals surface area (Å²) in [5.74, 6) is -1.18. The molecule has 4 heterocycles. The summed E-state index contributed by atoms with van der Waals surface area (Å²) < 4.78 is 20.4. The number of anilines is 3. The van der Waals surface area contributed by atoms with Gasteiger partial charge in [-0.05, 0) is 111 Å². The highest BCUT2D eigenvalue weighted by molar-refractivity contribution is 7.16. The van der Waals surface area contributed by atoms with Crippen LogP contribution in [-0.2, 0) is 38.6 Å². The number of unbranched alkanes of at least 4 members (excludes halogenated alkanes) is 2. The van der Waals surface area contributed by atoms with Crippen molar-refractivity contribution < 1.29 is 33.1 Å². The summed E-state index contributed by atoms with van der Waals surface area (Å²) in [5, 5.41) is 9.09. The van der Waals surface area contributed by atoms with Crippen molar-refractivity contribution in [1.29, 1.82) is 0 Å². The minimum absolute atomic E-state index is 0.0335. The number of nitrogens with zero attached hydrogens (tertiary/aromatic N) is 3. The van der Waals surface area contributed by atoms with Crippen molar-refractivity contribution >= 4 is 57.4 Å². The summed E-state index contributed by atoms with van der Waals surface area (Å²) in [4.78, 5) is 71.6. The fraction of sp³-hybridized carbons (Fsp3) is 0.381. The molecule has 12 nitrogen and oxygen atoms in total. The number of imide groups is 1. The second-order valence-electron chi connectivity index (χ2n) is 14.9. The van der Waals surface area contributed by atoms with Gasteiger partial charge in [0.25, 0.3) is 5.91 Å². The smallest absolute Gasteiger partial charge is 0.255 e. The van der Waals surface area contributed by atoms with Gasteiger partial charge in [-0.15, -0.1) is 11.3 Å². The van der Waals surface area contributed by atoms with Crippen molar-refractivity contribution in [1.82, 2.24) is 15.2 Å².